The predicted octanol–water partition coefficient (Wildman–Crippen LogP) is 1.87. The van der Waals surface area contributed by atoms with E-state index < -0.39 is 0 Å². The Morgan fingerprint density at radius 2 is 1.72 bits per heavy atom. The van der Waals surface area contributed by atoms with Crippen molar-refractivity contribution in [1.29, 1.82) is 0 Å². The Hall–Kier alpha value is -1.74. The topological polar surface area (TPSA) is 82.3 Å². The highest BCUT2D eigenvalue weighted by Crippen LogP contribution is 2.28. The molecule has 0 aliphatic carbocycles. The molecule has 4 rings (SSSR count). The van der Waals surface area contributed by atoms with Gasteiger partial charge < -0.3 is 9.47 Å². The lowest BCUT2D eigenvalue weighted by Gasteiger charge is -2.24. The number of fused-ring (bicyclic) bond motifs is 2. The fraction of sp³-hybridized carbons (Fsp3) is 0.714. The molecule has 2 aliphatic heterocycles. The maximum absolute atomic E-state index is 5.35. The van der Waals surface area contributed by atoms with Gasteiger partial charge in [0.1, 0.15) is 0 Å². The molecule has 4 heterocycles. The molecular weight excluding hydrogens is 368 g/mol. The van der Waals surface area contributed by atoms with Gasteiger partial charge in [-0.2, -0.15) is 10.2 Å². The lowest BCUT2D eigenvalue weighted by Crippen LogP contribution is -2.31. The van der Waals surface area contributed by atoms with Crippen LogP contribution in [0, 0.1) is 5.92 Å². The second-order valence-electron chi connectivity index (χ2n) is 8.35. The van der Waals surface area contributed by atoms with Gasteiger partial charge in [0.2, 0.25) is 0 Å². The van der Waals surface area contributed by atoms with E-state index in [2.05, 4.69) is 37.1 Å². The van der Waals surface area contributed by atoms with Crippen molar-refractivity contribution in [3.63, 3.8) is 0 Å². The van der Waals surface area contributed by atoms with E-state index >= 15 is 0 Å². The van der Waals surface area contributed by atoms with Crippen molar-refractivity contribution in [2.75, 3.05) is 40.6 Å². The van der Waals surface area contributed by atoms with E-state index in [4.69, 9.17) is 9.47 Å². The van der Waals surface area contributed by atoms with E-state index in [1.165, 1.54) is 33.9 Å². The molecule has 8 heteroatoms. The first-order valence-electron chi connectivity index (χ1n) is 10.7. The second kappa shape index (κ2) is 9.38. The van der Waals surface area contributed by atoms with Crippen molar-refractivity contribution in [2.45, 2.75) is 52.2 Å². The molecule has 0 bridgehead atoms. The number of methoxy groups -OCH3 is 2. The summed E-state index contributed by atoms with van der Waals surface area (Å²) in [6.45, 7) is 8.49. The lowest BCUT2D eigenvalue weighted by atomic mass is 9.95. The zero-order chi connectivity index (χ0) is 20.2. The molecule has 2 N–H and O–H groups in total. The summed E-state index contributed by atoms with van der Waals surface area (Å²) in [7, 11) is 3.53. The van der Waals surface area contributed by atoms with Crippen LogP contribution in [0.3, 0.4) is 0 Å². The highest BCUT2D eigenvalue weighted by molar-refractivity contribution is 5.29. The van der Waals surface area contributed by atoms with E-state index in [0.717, 1.165) is 65.0 Å². The standard InChI is InChI=1S/C21H34N6O2/c1-4-18-16-11-26(7-8-28-2)10-15(9-20(16)24-22-18)5-6-19-17-12-27(14-29-3)13-21(17)25-23-19/h15H,4-14H2,1-3H3,(H,22,24)(H,23,25). The average molecular weight is 403 g/mol. The van der Waals surface area contributed by atoms with Crippen molar-refractivity contribution < 1.29 is 9.47 Å². The minimum atomic E-state index is 0.585. The van der Waals surface area contributed by atoms with Crippen LogP contribution in [0.25, 0.3) is 0 Å². The zero-order valence-corrected chi connectivity index (χ0v) is 18.0. The molecule has 0 aromatic carbocycles. The predicted molar refractivity (Wildman–Crippen MR) is 110 cm³/mol. The van der Waals surface area contributed by atoms with E-state index in [0.29, 0.717) is 12.6 Å². The van der Waals surface area contributed by atoms with Crippen molar-refractivity contribution in [3.8, 4) is 0 Å². The first-order chi connectivity index (χ1) is 14.2. The minimum Gasteiger partial charge on any atom is -0.383 e. The molecule has 0 saturated carbocycles. The summed E-state index contributed by atoms with van der Waals surface area (Å²) in [5.74, 6) is 0.585. The number of aryl methyl sites for hydroxylation is 2. The zero-order valence-electron chi connectivity index (χ0n) is 18.0. The molecule has 0 saturated heterocycles. The molecule has 0 fully saturated rings. The Balaban J connectivity index is 1.43. The molecule has 1 unspecified atom stereocenters. The highest BCUT2D eigenvalue weighted by atomic mass is 16.5. The first-order valence-corrected chi connectivity index (χ1v) is 10.7. The van der Waals surface area contributed by atoms with E-state index in [9.17, 15) is 0 Å². The van der Waals surface area contributed by atoms with Gasteiger partial charge in [0.25, 0.3) is 0 Å². The summed E-state index contributed by atoms with van der Waals surface area (Å²) >= 11 is 0. The van der Waals surface area contributed by atoms with E-state index in [-0.39, 0.29) is 0 Å². The summed E-state index contributed by atoms with van der Waals surface area (Å²) in [4.78, 5) is 4.83. The van der Waals surface area contributed by atoms with Gasteiger partial charge in [-0.15, -0.1) is 0 Å². The number of rotatable bonds is 9. The number of ether oxygens (including phenoxy) is 2. The van der Waals surface area contributed by atoms with Crippen molar-refractivity contribution >= 4 is 0 Å². The number of aromatic nitrogens is 4. The van der Waals surface area contributed by atoms with Crippen molar-refractivity contribution in [2.24, 2.45) is 5.92 Å². The number of H-pyrrole nitrogens is 2. The Kier molecular flexibility index (Phi) is 6.64. The van der Waals surface area contributed by atoms with Crippen LogP contribution in [0.1, 0.15) is 47.2 Å². The minimum absolute atomic E-state index is 0.585. The van der Waals surface area contributed by atoms with Crippen LogP contribution in [-0.2, 0) is 48.4 Å². The third kappa shape index (κ3) is 4.55. The molecule has 160 valence electrons. The SMILES string of the molecule is CCc1n[nH]c2c1CN(CCOC)CC(CCc1n[nH]c3c1CN(COC)C3)C2. The number of nitrogens with zero attached hydrogens (tertiary/aromatic N) is 4. The van der Waals surface area contributed by atoms with Gasteiger partial charge in [0.15, 0.2) is 0 Å². The van der Waals surface area contributed by atoms with Gasteiger partial charge in [-0.3, -0.25) is 20.0 Å². The van der Waals surface area contributed by atoms with Crippen LogP contribution in [-0.4, -0.2) is 70.8 Å². The Labute approximate surface area is 172 Å². The summed E-state index contributed by atoms with van der Waals surface area (Å²) in [6.07, 6.45) is 4.19. The molecular formula is C21H34N6O2. The molecule has 8 nitrogen and oxygen atoms in total. The first kappa shape index (κ1) is 20.5. The molecule has 2 aromatic heterocycles. The fourth-order valence-corrected chi connectivity index (χ4v) is 4.77. The van der Waals surface area contributed by atoms with Crippen LogP contribution in [0.5, 0.6) is 0 Å². The Morgan fingerprint density at radius 1 is 0.966 bits per heavy atom. The van der Waals surface area contributed by atoms with Gasteiger partial charge in [0, 0.05) is 63.8 Å². The van der Waals surface area contributed by atoms with Crippen LogP contribution < -0.4 is 0 Å². The number of nitrogens with one attached hydrogen (secondary N) is 2. The number of hydrogen-bond acceptors (Lipinski definition) is 6. The van der Waals surface area contributed by atoms with Gasteiger partial charge in [0.05, 0.1) is 30.4 Å². The highest BCUT2D eigenvalue weighted by Gasteiger charge is 2.28. The van der Waals surface area contributed by atoms with Crippen LogP contribution in [0.4, 0.5) is 0 Å². The lowest BCUT2D eigenvalue weighted by molar-refractivity contribution is 0.0604. The Bertz CT molecular complexity index is 801. The average Bonchev–Trinajstić information content (AvgIpc) is 3.36. The van der Waals surface area contributed by atoms with Gasteiger partial charge >= 0.3 is 0 Å². The third-order valence-corrected chi connectivity index (χ3v) is 6.28. The summed E-state index contributed by atoms with van der Waals surface area (Å²) in [5.41, 5.74) is 7.80. The van der Waals surface area contributed by atoms with Gasteiger partial charge in [-0.05, 0) is 31.6 Å². The van der Waals surface area contributed by atoms with E-state index in [1.54, 1.807) is 14.2 Å². The molecule has 29 heavy (non-hydrogen) atoms. The summed E-state index contributed by atoms with van der Waals surface area (Å²) < 4.78 is 10.6. The molecule has 2 aromatic rings. The molecule has 0 spiro atoms. The quantitative estimate of drug-likeness (QED) is 0.666. The molecule has 1 atom stereocenters. The number of hydrogen-bond donors (Lipinski definition) is 2. The van der Waals surface area contributed by atoms with Crippen LogP contribution in [0.2, 0.25) is 0 Å². The summed E-state index contributed by atoms with van der Waals surface area (Å²) in [5, 5.41) is 15.8. The van der Waals surface area contributed by atoms with E-state index in [1.807, 2.05) is 0 Å². The maximum atomic E-state index is 5.35. The largest absolute Gasteiger partial charge is 0.383 e. The van der Waals surface area contributed by atoms with Gasteiger partial charge in [-0.1, -0.05) is 6.92 Å². The molecule has 0 amide bonds. The van der Waals surface area contributed by atoms with Crippen LogP contribution >= 0.6 is 0 Å². The second-order valence-corrected chi connectivity index (χ2v) is 8.35. The normalized spacial score (nSPS) is 20.0. The monoisotopic (exact) mass is 402 g/mol. The van der Waals surface area contributed by atoms with Crippen molar-refractivity contribution in [1.82, 2.24) is 30.2 Å². The smallest absolute Gasteiger partial charge is 0.0992 e. The van der Waals surface area contributed by atoms with Crippen molar-refractivity contribution in [3.05, 3.63) is 33.9 Å². The molecule has 2 aliphatic rings. The third-order valence-electron chi connectivity index (χ3n) is 6.28. The fourth-order valence-electron chi connectivity index (χ4n) is 4.77. The summed E-state index contributed by atoms with van der Waals surface area (Å²) in [6, 6.07) is 0. The van der Waals surface area contributed by atoms with Gasteiger partial charge in [-0.25, -0.2) is 0 Å². The van der Waals surface area contributed by atoms with Crippen LogP contribution in [0.15, 0.2) is 0 Å². The Morgan fingerprint density at radius 3 is 2.52 bits per heavy atom. The number of aromatic amines is 2. The maximum Gasteiger partial charge on any atom is 0.0992 e. The molecule has 0 radical (unpaired) electrons.